The Morgan fingerprint density at radius 3 is 0.683 bits per heavy atom. The molecule has 0 aliphatic heterocycles. The maximum Gasteiger partial charge on any atom is 0.0638 e. The second kappa shape index (κ2) is 20.6. The summed E-state index contributed by atoms with van der Waals surface area (Å²) in [4.78, 5) is 18.8. The largest absolute Gasteiger partial charge is 0.249 e. The summed E-state index contributed by atoms with van der Waals surface area (Å²) in [6, 6.07) is 51.1. The Bertz CT molecular complexity index is 2370. The molecule has 0 fully saturated rings. The first kappa shape index (κ1) is 41.1. The summed E-state index contributed by atoms with van der Waals surface area (Å²) in [6.45, 7) is 8.55. The standard InChI is InChI=1S/2C28H26N2/c2*1-3-22-8-12-25(13-9-22)29-27-16-18-28(19-17-27)30-26-14-10-24(11-15-26)20-23-6-4-21(2)5-7-23/h2*4-19H,3,20H2,1-2H3. The molecule has 0 heterocycles. The molecule has 0 bridgehead atoms. The van der Waals surface area contributed by atoms with Gasteiger partial charge in [0, 0.05) is 0 Å². The third-order valence-corrected chi connectivity index (χ3v) is 10.4. The van der Waals surface area contributed by atoms with Gasteiger partial charge in [-0.15, -0.1) is 0 Å². The molecule has 2 aliphatic carbocycles. The van der Waals surface area contributed by atoms with Gasteiger partial charge in [-0.25, -0.2) is 20.0 Å². The van der Waals surface area contributed by atoms with Gasteiger partial charge in [-0.2, -0.15) is 0 Å². The van der Waals surface area contributed by atoms with Crippen molar-refractivity contribution in [3.8, 4) is 0 Å². The molecule has 0 saturated heterocycles. The topological polar surface area (TPSA) is 49.4 Å². The van der Waals surface area contributed by atoms with E-state index in [9.17, 15) is 0 Å². The van der Waals surface area contributed by atoms with E-state index in [4.69, 9.17) is 9.98 Å². The molecule has 0 radical (unpaired) electrons. The molecular weight excluding hydrogens is 729 g/mol. The van der Waals surface area contributed by atoms with Crippen LogP contribution >= 0.6 is 0 Å². The van der Waals surface area contributed by atoms with Crippen LogP contribution in [0.15, 0.2) is 214 Å². The first-order chi connectivity index (χ1) is 29.3. The number of nitrogens with zero attached hydrogens (tertiary/aromatic N) is 4. The molecule has 0 saturated carbocycles. The second-order valence-corrected chi connectivity index (χ2v) is 15.2. The third kappa shape index (κ3) is 12.5. The maximum absolute atomic E-state index is 4.73. The van der Waals surface area contributed by atoms with E-state index in [-0.39, 0.29) is 0 Å². The average molecular weight is 781 g/mol. The van der Waals surface area contributed by atoms with E-state index in [2.05, 4.69) is 183 Å². The van der Waals surface area contributed by atoms with Crippen molar-refractivity contribution in [1.82, 2.24) is 0 Å². The zero-order valence-electron chi connectivity index (χ0n) is 35.1. The molecule has 4 nitrogen and oxygen atoms in total. The van der Waals surface area contributed by atoms with E-state index >= 15 is 0 Å². The number of aliphatic imine (C=N–C) groups is 4. The Morgan fingerprint density at radius 1 is 0.267 bits per heavy atom. The van der Waals surface area contributed by atoms with Crippen molar-refractivity contribution < 1.29 is 0 Å². The van der Waals surface area contributed by atoms with Crippen LogP contribution in [0.4, 0.5) is 22.7 Å². The van der Waals surface area contributed by atoms with E-state index in [1.165, 1.54) is 44.5 Å². The van der Waals surface area contributed by atoms with Crippen LogP contribution in [0, 0.1) is 13.8 Å². The average Bonchev–Trinajstić information content (AvgIpc) is 3.29. The number of aryl methyl sites for hydroxylation is 4. The van der Waals surface area contributed by atoms with Gasteiger partial charge in [-0.3, -0.25) is 0 Å². The monoisotopic (exact) mass is 780 g/mol. The van der Waals surface area contributed by atoms with Crippen LogP contribution in [-0.2, 0) is 25.7 Å². The molecule has 296 valence electrons. The van der Waals surface area contributed by atoms with Gasteiger partial charge in [0.05, 0.1) is 45.6 Å². The van der Waals surface area contributed by atoms with Crippen molar-refractivity contribution >= 4 is 45.6 Å². The van der Waals surface area contributed by atoms with Crippen LogP contribution < -0.4 is 0 Å². The van der Waals surface area contributed by atoms with Crippen LogP contribution in [0.3, 0.4) is 0 Å². The molecule has 0 amide bonds. The van der Waals surface area contributed by atoms with Crippen LogP contribution in [0.2, 0.25) is 0 Å². The summed E-state index contributed by atoms with van der Waals surface area (Å²) in [5, 5.41) is 0. The summed E-state index contributed by atoms with van der Waals surface area (Å²) in [6.07, 6.45) is 20.1. The van der Waals surface area contributed by atoms with Crippen LogP contribution in [0.1, 0.15) is 58.4 Å². The van der Waals surface area contributed by atoms with Gasteiger partial charge < -0.3 is 0 Å². The predicted octanol–water partition coefficient (Wildman–Crippen LogP) is 14.2. The Morgan fingerprint density at radius 2 is 0.467 bits per heavy atom. The highest BCUT2D eigenvalue weighted by atomic mass is 14.8. The second-order valence-electron chi connectivity index (χ2n) is 15.2. The first-order valence-electron chi connectivity index (χ1n) is 20.9. The minimum Gasteiger partial charge on any atom is -0.249 e. The molecule has 0 N–H and O–H groups in total. The summed E-state index contributed by atoms with van der Waals surface area (Å²) >= 11 is 0. The molecule has 8 rings (SSSR count). The normalized spacial score (nSPS) is 12.9. The molecular formula is C56H52N4. The number of hydrogen-bond donors (Lipinski definition) is 0. The van der Waals surface area contributed by atoms with E-state index in [1.807, 2.05) is 48.6 Å². The zero-order chi connectivity index (χ0) is 41.5. The summed E-state index contributed by atoms with van der Waals surface area (Å²) < 4.78 is 0. The molecule has 4 heteroatoms. The Balaban J connectivity index is 0.000000181. The maximum atomic E-state index is 4.73. The number of benzene rings is 6. The van der Waals surface area contributed by atoms with Crippen LogP contribution in [-0.4, -0.2) is 22.8 Å². The minimum absolute atomic E-state index is 0.932. The summed E-state index contributed by atoms with van der Waals surface area (Å²) in [7, 11) is 0. The quantitative estimate of drug-likeness (QED) is 0.124. The van der Waals surface area contributed by atoms with Gasteiger partial charge in [0.25, 0.3) is 0 Å². The van der Waals surface area contributed by atoms with Crippen LogP contribution in [0.5, 0.6) is 0 Å². The van der Waals surface area contributed by atoms with Crippen LogP contribution in [0.25, 0.3) is 0 Å². The molecule has 2 aliphatic rings. The Kier molecular flexibility index (Phi) is 14.1. The van der Waals surface area contributed by atoms with Gasteiger partial charge in [0.2, 0.25) is 0 Å². The zero-order valence-corrected chi connectivity index (χ0v) is 35.1. The van der Waals surface area contributed by atoms with Crippen molar-refractivity contribution in [2.24, 2.45) is 20.0 Å². The molecule has 0 atom stereocenters. The van der Waals surface area contributed by atoms with Gasteiger partial charge in [-0.1, -0.05) is 122 Å². The summed E-state index contributed by atoms with van der Waals surface area (Å²) in [5.74, 6) is 0. The Labute approximate surface area is 356 Å². The van der Waals surface area contributed by atoms with E-state index in [1.54, 1.807) is 0 Å². The first-order valence-corrected chi connectivity index (χ1v) is 20.9. The lowest BCUT2D eigenvalue weighted by Gasteiger charge is -2.05. The highest BCUT2D eigenvalue weighted by molar-refractivity contribution is 6.20. The summed E-state index contributed by atoms with van der Waals surface area (Å²) in [5.41, 5.74) is 18.1. The molecule has 60 heavy (non-hydrogen) atoms. The third-order valence-electron chi connectivity index (χ3n) is 10.4. The van der Waals surface area contributed by atoms with Crippen molar-refractivity contribution in [2.75, 3.05) is 0 Å². The molecule has 6 aromatic carbocycles. The van der Waals surface area contributed by atoms with Gasteiger partial charge in [-0.05, 0) is 170 Å². The van der Waals surface area contributed by atoms with E-state index in [0.29, 0.717) is 0 Å². The van der Waals surface area contributed by atoms with Crippen molar-refractivity contribution in [1.29, 1.82) is 0 Å². The SMILES string of the molecule is CCc1ccc(N=C2C=CC(=Nc3ccc(Cc4ccc(C)cc4)cc3)C=C2)cc1.CCc1ccc(N=C2C=CC(=Nc3ccc(Cc4ccc(C)cc4)cc3)C=C2)cc1. The van der Waals surface area contributed by atoms with Gasteiger partial charge >= 0.3 is 0 Å². The number of hydrogen-bond acceptors (Lipinski definition) is 4. The fourth-order valence-corrected chi connectivity index (χ4v) is 6.67. The highest BCUT2D eigenvalue weighted by Gasteiger charge is 2.04. The smallest absolute Gasteiger partial charge is 0.0638 e. The van der Waals surface area contributed by atoms with E-state index < -0.39 is 0 Å². The van der Waals surface area contributed by atoms with Gasteiger partial charge in [0.1, 0.15) is 0 Å². The predicted molar refractivity (Wildman–Crippen MR) is 257 cm³/mol. The lowest BCUT2D eigenvalue weighted by Crippen LogP contribution is -1.99. The van der Waals surface area contributed by atoms with Crippen molar-refractivity contribution in [3.05, 3.63) is 239 Å². The van der Waals surface area contributed by atoms with E-state index in [0.717, 1.165) is 71.3 Å². The van der Waals surface area contributed by atoms with Gasteiger partial charge in [0.15, 0.2) is 0 Å². The lowest BCUT2D eigenvalue weighted by molar-refractivity contribution is 1.14. The highest BCUT2D eigenvalue weighted by Crippen LogP contribution is 2.21. The minimum atomic E-state index is 0.932. The molecule has 6 aromatic rings. The fraction of sp³-hybridized carbons (Fsp3) is 0.143. The fourth-order valence-electron chi connectivity index (χ4n) is 6.67. The Hall–Kier alpha value is -7.04. The number of allylic oxidation sites excluding steroid dienone is 8. The molecule has 0 spiro atoms. The number of rotatable bonds is 10. The molecule has 0 unspecified atom stereocenters. The lowest BCUT2D eigenvalue weighted by atomic mass is 10.0. The van der Waals surface area contributed by atoms with Crippen molar-refractivity contribution in [3.63, 3.8) is 0 Å². The van der Waals surface area contributed by atoms with Crippen molar-refractivity contribution in [2.45, 2.75) is 53.4 Å². The molecule has 0 aromatic heterocycles.